The van der Waals surface area contributed by atoms with E-state index in [1.807, 2.05) is 0 Å². The summed E-state index contributed by atoms with van der Waals surface area (Å²) < 4.78 is 5.18. The summed E-state index contributed by atoms with van der Waals surface area (Å²) in [5.74, 6) is -0.164. The Morgan fingerprint density at radius 3 is 2.62 bits per heavy atom. The first-order valence-corrected chi connectivity index (χ1v) is 8.04. The van der Waals surface area contributed by atoms with Gasteiger partial charge in [-0.2, -0.15) is 0 Å². The fourth-order valence-electron chi connectivity index (χ4n) is 2.62. The van der Waals surface area contributed by atoms with Gasteiger partial charge in [-0.15, -0.1) is 0 Å². The fourth-order valence-corrected chi connectivity index (χ4v) is 2.84. The van der Waals surface area contributed by atoms with Crippen molar-refractivity contribution in [2.45, 2.75) is 13.8 Å². The van der Waals surface area contributed by atoms with Gasteiger partial charge in [0.05, 0.1) is 21.2 Å². The van der Waals surface area contributed by atoms with Crippen LogP contribution < -0.4 is 5.32 Å². The zero-order valence-corrected chi connectivity index (χ0v) is 14.7. The summed E-state index contributed by atoms with van der Waals surface area (Å²) in [7, 11) is 0. The number of hydrogen-bond donors (Lipinski definition) is 1. The molecule has 1 N–H and O–H groups in total. The van der Waals surface area contributed by atoms with Crippen molar-refractivity contribution in [1.29, 1.82) is 0 Å². The third kappa shape index (κ3) is 3.16. The molecule has 0 aliphatic carbocycles. The Kier molecular flexibility index (Phi) is 4.73. The van der Waals surface area contributed by atoms with Gasteiger partial charge in [0.1, 0.15) is 17.0 Å². The van der Waals surface area contributed by atoms with Gasteiger partial charge >= 0.3 is 0 Å². The second-order valence-corrected chi connectivity index (χ2v) is 6.01. The summed E-state index contributed by atoms with van der Waals surface area (Å²) in [4.78, 5) is 23.4. The number of nitrogens with zero attached hydrogens (tertiary/aromatic N) is 2. The highest BCUT2D eigenvalue weighted by Gasteiger charge is 2.24. The van der Waals surface area contributed by atoms with E-state index in [2.05, 4.69) is 10.5 Å². The van der Waals surface area contributed by atoms with E-state index < -0.39 is 10.8 Å². The number of nitrogens with one attached hydrogen (secondary N) is 1. The number of halogens is 1. The van der Waals surface area contributed by atoms with E-state index in [1.165, 1.54) is 12.1 Å². The van der Waals surface area contributed by atoms with Crippen molar-refractivity contribution in [3.8, 4) is 11.3 Å². The van der Waals surface area contributed by atoms with Gasteiger partial charge in [-0.25, -0.2) is 0 Å². The van der Waals surface area contributed by atoms with Crippen molar-refractivity contribution in [2.24, 2.45) is 0 Å². The van der Waals surface area contributed by atoms with Crippen LogP contribution in [-0.2, 0) is 0 Å². The lowest BCUT2D eigenvalue weighted by atomic mass is 10.0. The fraction of sp³-hybridized carbons (Fsp3) is 0.111. The lowest BCUT2D eigenvalue weighted by Gasteiger charge is -2.09. The first kappa shape index (κ1) is 17.6. The van der Waals surface area contributed by atoms with E-state index in [0.717, 1.165) is 0 Å². The van der Waals surface area contributed by atoms with E-state index in [4.69, 9.17) is 16.1 Å². The first-order chi connectivity index (χ1) is 12.4. The second kappa shape index (κ2) is 6.97. The largest absolute Gasteiger partial charge is 0.360 e. The standard InChI is InChI=1S/C18H14ClN3O4/c1-10-14(8-5-9-15(10)22(24)25)20-18(23)16-11(2)26-21-17(16)12-6-3-4-7-13(12)19/h3-9H,1-2H3,(H,20,23). The van der Waals surface area contributed by atoms with Crippen LogP contribution in [0, 0.1) is 24.0 Å². The average molecular weight is 372 g/mol. The molecular formula is C18H14ClN3O4. The lowest BCUT2D eigenvalue weighted by Crippen LogP contribution is -2.14. The van der Waals surface area contributed by atoms with Crippen LogP contribution in [0.5, 0.6) is 0 Å². The number of nitro groups is 1. The van der Waals surface area contributed by atoms with Gasteiger partial charge < -0.3 is 9.84 Å². The van der Waals surface area contributed by atoms with E-state index in [9.17, 15) is 14.9 Å². The predicted molar refractivity (Wildman–Crippen MR) is 97.5 cm³/mol. The Bertz CT molecular complexity index is 1010. The number of hydrogen-bond acceptors (Lipinski definition) is 5. The van der Waals surface area contributed by atoms with Crippen LogP contribution in [0.15, 0.2) is 47.0 Å². The zero-order valence-electron chi connectivity index (χ0n) is 13.9. The Labute approximate surface area is 153 Å². The van der Waals surface area contributed by atoms with Crippen LogP contribution in [0.2, 0.25) is 5.02 Å². The quantitative estimate of drug-likeness (QED) is 0.526. The summed E-state index contributed by atoms with van der Waals surface area (Å²) in [6, 6.07) is 11.4. The number of benzene rings is 2. The predicted octanol–water partition coefficient (Wildman–Crippen LogP) is 4.77. The lowest BCUT2D eigenvalue weighted by molar-refractivity contribution is -0.385. The van der Waals surface area contributed by atoms with E-state index in [0.29, 0.717) is 33.3 Å². The minimum absolute atomic E-state index is 0.0730. The van der Waals surface area contributed by atoms with Crippen LogP contribution >= 0.6 is 11.6 Å². The summed E-state index contributed by atoms with van der Waals surface area (Å²) in [6.07, 6.45) is 0. The van der Waals surface area contributed by atoms with Crippen LogP contribution in [0.25, 0.3) is 11.3 Å². The molecular weight excluding hydrogens is 358 g/mol. The van der Waals surface area contributed by atoms with Gasteiger partial charge in [0.15, 0.2) is 0 Å². The SMILES string of the molecule is Cc1onc(-c2ccccc2Cl)c1C(=O)Nc1cccc([N+](=O)[O-])c1C. The highest BCUT2D eigenvalue weighted by atomic mass is 35.5. The summed E-state index contributed by atoms with van der Waals surface area (Å²) in [6.45, 7) is 3.19. The van der Waals surface area contributed by atoms with Crippen molar-refractivity contribution < 1.29 is 14.2 Å². The molecule has 0 unspecified atom stereocenters. The van der Waals surface area contributed by atoms with Gasteiger partial charge in [0.2, 0.25) is 0 Å². The Morgan fingerprint density at radius 1 is 1.19 bits per heavy atom. The highest BCUT2D eigenvalue weighted by Crippen LogP contribution is 2.32. The topological polar surface area (TPSA) is 98.3 Å². The molecule has 7 nitrogen and oxygen atoms in total. The van der Waals surface area contributed by atoms with E-state index in [-0.39, 0.29) is 11.3 Å². The first-order valence-electron chi connectivity index (χ1n) is 7.66. The molecule has 26 heavy (non-hydrogen) atoms. The molecule has 0 saturated carbocycles. The third-order valence-corrected chi connectivity index (χ3v) is 4.30. The van der Waals surface area contributed by atoms with Gasteiger partial charge in [0, 0.05) is 11.6 Å². The van der Waals surface area contributed by atoms with Gasteiger partial charge in [-0.05, 0) is 26.0 Å². The Balaban J connectivity index is 2.00. The normalized spacial score (nSPS) is 10.6. The van der Waals surface area contributed by atoms with Crippen molar-refractivity contribution >= 4 is 28.9 Å². The number of carbonyl (C=O) groups is 1. The molecule has 2 aromatic carbocycles. The van der Waals surface area contributed by atoms with Gasteiger partial charge in [-0.3, -0.25) is 14.9 Å². The molecule has 0 aliphatic rings. The molecule has 0 aliphatic heterocycles. The minimum Gasteiger partial charge on any atom is -0.360 e. The smallest absolute Gasteiger partial charge is 0.274 e. The van der Waals surface area contributed by atoms with Gasteiger partial charge in [-0.1, -0.05) is 41.0 Å². The number of aryl methyl sites for hydroxylation is 1. The zero-order chi connectivity index (χ0) is 18.8. The maximum atomic E-state index is 12.8. The molecule has 0 fully saturated rings. The summed E-state index contributed by atoms with van der Waals surface area (Å²) in [5.41, 5.74) is 1.73. The molecule has 0 saturated heterocycles. The van der Waals surface area contributed by atoms with Gasteiger partial charge in [0.25, 0.3) is 11.6 Å². The van der Waals surface area contributed by atoms with Crippen molar-refractivity contribution in [3.63, 3.8) is 0 Å². The van der Waals surface area contributed by atoms with E-state index in [1.54, 1.807) is 44.2 Å². The molecule has 0 atom stereocenters. The summed E-state index contributed by atoms with van der Waals surface area (Å²) in [5, 5.41) is 18.1. The number of aromatic nitrogens is 1. The number of amides is 1. The van der Waals surface area contributed by atoms with Crippen LogP contribution in [0.3, 0.4) is 0 Å². The van der Waals surface area contributed by atoms with Crippen molar-refractivity contribution in [1.82, 2.24) is 5.16 Å². The minimum atomic E-state index is -0.495. The third-order valence-electron chi connectivity index (χ3n) is 3.97. The Morgan fingerprint density at radius 2 is 1.92 bits per heavy atom. The van der Waals surface area contributed by atoms with Crippen molar-refractivity contribution in [2.75, 3.05) is 5.32 Å². The molecule has 132 valence electrons. The van der Waals surface area contributed by atoms with E-state index >= 15 is 0 Å². The van der Waals surface area contributed by atoms with Crippen LogP contribution in [0.4, 0.5) is 11.4 Å². The summed E-state index contributed by atoms with van der Waals surface area (Å²) >= 11 is 6.20. The van der Waals surface area contributed by atoms with Crippen LogP contribution in [-0.4, -0.2) is 16.0 Å². The number of anilines is 1. The molecule has 1 heterocycles. The molecule has 3 aromatic rings. The Hall–Kier alpha value is -3.19. The molecule has 3 rings (SSSR count). The maximum absolute atomic E-state index is 12.8. The molecule has 1 aromatic heterocycles. The number of carbonyl (C=O) groups excluding carboxylic acids is 1. The monoisotopic (exact) mass is 371 g/mol. The molecule has 8 heteroatoms. The average Bonchev–Trinajstić information content (AvgIpc) is 2.98. The number of nitro benzene ring substituents is 1. The molecule has 0 radical (unpaired) electrons. The molecule has 0 bridgehead atoms. The van der Waals surface area contributed by atoms with Crippen LogP contribution in [0.1, 0.15) is 21.7 Å². The highest BCUT2D eigenvalue weighted by molar-refractivity contribution is 6.33. The van der Waals surface area contributed by atoms with Crippen molar-refractivity contribution in [3.05, 3.63) is 74.5 Å². The molecule has 1 amide bonds. The molecule has 0 spiro atoms. The number of rotatable bonds is 4. The second-order valence-electron chi connectivity index (χ2n) is 5.60. The maximum Gasteiger partial charge on any atom is 0.274 e.